The Balaban J connectivity index is 2.68. The van der Waals surface area contributed by atoms with Crippen molar-refractivity contribution < 1.29 is 9.53 Å². The molecule has 1 aliphatic heterocycles. The first-order valence-electron chi connectivity index (χ1n) is 5.44. The van der Waals surface area contributed by atoms with Crippen molar-refractivity contribution >= 4 is 17.3 Å². The van der Waals surface area contributed by atoms with Gasteiger partial charge in [-0.15, -0.1) is 0 Å². The van der Waals surface area contributed by atoms with Crippen molar-refractivity contribution in [1.29, 1.82) is 0 Å². The van der Waals surface area contributed by atoms with E-state index in [0.717, 1.165) is 5.69 Å². The summed E-state index contributed by atoms with van der Waals surface area (Å²) >= 11 is 0. The normalized spacial score (nSPS) is 14.8. The molecule has 2 rings (SSSR count). The minimum atomic E-state index is -0.177. The molecule has 1 aromatic heterocycles. The quantitative estimate of drug-likeness (QED) is 0.800. The first kappa shape index (κ1) is 12.1. The topological polar surface area (TPSA) is 89.6 Å². The Morgan fingerprint density at radius 3 is 3.00 bits per heavy atom. The fourth-order valence-corrected chi connectivity index (χ4v) is 1.79. The minimum absolute atomic E-state index is 0.0521. The van der Waals surface area contributed by atoms with Crippen LogP contribution in [-0.4, -0.2) is 30.3 Å². The maximum absolute atomic E-state index is 11.6. The smallest absolute Gasteiger partial charge is 0.246 e. The first-order valence-corrected chi connectivity index (χ1v) is 5.44. The molecular weight excluding hydrogens is 232 g/mol. The lowest BCUT2D eigenvalue weighted by Crippen LogP contribution is -2.14. The van der Waals surface area contributed by atoms with E-state index in [1.54, 1.807) is 12.1 Å². The van der Waals surface area contributed by atoms with E-state index < -0.39 is 0 Å². The fraction of sp³-hybridized carbons (Fsp3) is 0.250. The summed E-state index contributed by atoms with van der Waals surface area (Å²) in [6, 6.07) is 1.78. The molecule has 1 aromatic rings. The Bertz CT molecular complexity index is 549. The highest BCUT2D eigenvalue weighted by Gasteiger charge is 2.20. The Morgan fingerprint density at radius 2 is 2.33 bits per heavy atom. The Kier molecular flexibility index (Phi) is 3.27. The summed E-state index contributed by atoms with van der Waals surface area (Å²) in [5.41, 5.74) is 8.01. The SMILES string of the molecule is COc1nc(C)cc2c1C(/C=C\N)=NCC(=O)N2. The maximum atomic E-state index is 11.6. The van der Waals surface area contributed by atoms with Gasteiger partial charge in [0, 0.05) is 5.69 Å². The third-order valence-corrected chi connectivity index (χ3v) is 2.49. The van der Waals surface area contributed by atoms with Crippen LogP contribution in [0.4, 0.5) is 5.69 Å². The molecule has 1 amide bonds. The van der Waals surface area contributed by atoms with Gasteiger partial charge in [0.2, 0.25) is 11.8 Å². The second-order valence-corrected chi connectivity index (χ2v) is 3.80. The number of nitrogens with one attached hydrogen (secondary N) is 1. The third kappa shape index (κ3) is 2.17. The van der Waals surface area contributed by atoms with Gasteiger partial charge in [-0.05, 0) is 25.3 Å². The van der Waals surface area contributed by atoms with Gasteiger partial charge in [0.25, 0.3) is 0 Å². The molecule has 2 heterocycles. The molecule has 0 atom stereocenters. The van der Waals surface area contributed by atoms with Gasteiger partial charge in [0.1, 0.15) is 6.54 Å². The summed E-state index contributed by atoms with van der Waals surface area (Å²) in [5.74, 6) is 0.244. The minimum Gasteiger partial charge on any atom is -0.480 e. The molecular formula is C12H14N4O2. The van der Waals surface area contributed by atoms with Crippen LogP contribution in [0.25, 0.3) is 0 Å². The number of nitrogens with zero attached hydrogens (tertiary/aromatic N) is 2. The van der Waals surface area contributed by atoms with E-state index in [9.17, 15) is 4.79 Å². The van der Waals surface area contributed by atoms with Crippen LogP contribution in [0.5, 0.6) is 5.88 Å². The number of aryl methyl sites for hydroxylation is 1. The molecule has 18 heavy (non-hydrogen) atoms. The van der Waals surface area contributed by atoms with Crippen LogP contribution in [0.2, 0.25) is 0 Å². The van der Waals surface area contributed by atoms with E-state index in [2.05, 4.69) is 15.3 Å². The molecule has 6 heteroatoms. The second kappa shape index (κ2) is 4.87. The zero-order valence-electron chi connectivity index (χ0n) is 10.2. The zero-order valence-corrected chi connectivity index (χ0v) is 10.2. The first-order chi connectivity index (χ1) is 8.65. The van der Waals surface area contributed by atoms with E-state index in [1.165, 1.54) is 13.3 Å². The molecule has 0 spiro atoms. The Labute approximate surface area is 105 Å². The monoisotopic (exact) mass is 246 g/mol. The standard InChI is InChI=1S/C12H14N4O2/c1-7-5-9-11(12(15-7)18-2)8(3-4-13)14-6-10(17)16-9/h3-5H,6,13H2,1-2H3,(H,16,17)/b4-3-. The van der Waals surface area contributed by atoms with Crippen molar-refractivity contribution in [3.05, 3.63) is 29.6 Å². The van der Waals surface area contributed by atoms with Crippen molar-refractivity contribution in [1.82, 2.24) is 4.98 Å². The number of allylic oxidation sites excluding steroid dienone is 1. The number of ether oxygens (including phenoxy) is 1. The molecule has 0 aliphatic carbocycles. The predicted octanol–water partition coefficient (Wildman–Crippen LogP) is 0.612. The number of fused-ring (bicyclic) bond motifs is 1. The summed E-state index contributed by atoms with van der Waals surface area (Å²) in [7, 11) is 1.53. The highest BCUT2D eigenvalue weighted by molar-refractivity contribution is 6.17. The number of carbonyl (C=O) groups is 1. The van der Waals surface area contributed by atoms with Crippen molar-refractivity contribution in [3.63, 3.8) is 0 Å². The van der Waals surface area contributed by atoms with Crippen molar-refractivity contribution in [2.45, 2.75) is 6.92 Å². The Morgan fingerprint density at radius 1 is 1.56 bits per heavy atom. The van der Waals surface area contributed by atoms with Gasteiger partial charge in [-0.2, -0.15) is 0 Å². The van der Waals surface area contributed by atoms with Crippen LogP contribution in [0.1, 0.15) is 11.3 Å². The number of amides is 1. The van der Waals surface area contributed by atoms with Crippen LogP contribution in [0, 0.1) is 6.92 Å². The number of pyridine rings is 1. The number of rotatable bonds is 2. The van der Waals surface area contributed by atoms with Crippen molar-refractivity contribution in [2.24, 2.45) is 10.7 Å². The number of carbonyl (C=O) groups excluding carboxylic acids is 1. The summed E-state index contributed by atoms with van der Waals surface area (Å²) in [5, 5.41) is 2.78. The summed E-state index contributed by atoms with van der Waals surface area (Å²) in [4.78, 5) is 20.0. The molecule has 0 fully saturated rings. The highest BCUT2D eigenvalue weighted by atomic mass is 16.5. The number of methoxy groups -OCH3 is 1. The average Bonchev–Trinajstić information content (AvgIpc) is 2.48. The largest absolute Gasteiger partial charge is 0.480 e. The van der Waals surface area contributed by atoms with Crippen LogP contribution in [0.3, 0.4) is 0 Å². The molecule has 6 nitrogen and oxygen atoms in total. The predicted molar refractivity (Wildman–Crippen MR) is 68.9 cm³/mol. The van der Waals surface area contributed by atoms with Gasteiger partial charge < -0.3 is 15.8 Å². The van der Waals surface area contributed by atoms with Gasteiger partial charge in [-0.25, -0.2) is 4.98 Å². The number of aromatic nitrogens is 1. The molecule has 0 saturated carbocycles. The average molecular weight is 246 g/mol. The van der Waals surface area contributed by atoms with Gasteiger partial charge in [0.05, 0.1) is 24.1 Å². The van der Waals surface area contributed by atoms with Crippen LogP contribution < -0.4 is 15.8 Å². The summed E-state index contributed by atoms with van der Waals surface area (Å²) < 4.78 is 5.24. The van der Waals surface area contributed by atoms with Gasteiger partial charge in [0.15, 0.2) is 0 Å². The van der Waals surface area contributed by atoms with E-state index in [-0.39, 0.29) is 12.5 Å². The Hall–Kier alpha value is -2.37. The lowest BCUT2D eigenvalue weighted by atomic mass is 10.1. The molecule has 1 aliphatic rings. The third-order valence-electron chi connectivity index (χ3n) is 2.49. The van der Waals surface area contributed by atoms with Gasteiger partial charge in [-0.3, -0.25) is 9.79 Å². The molecule has 3 N–H and O–H groups in total. The maximum Gasteiger partial charge on any atom is 0.246 e. The van der Waals surface area contributed by atoms with Crippen LogP contribution >= 0.6 is 0 Å². The van der Waals surface area contributed by atoms with Crippen LogP contribution in [-0.2, 0) is 4.79 Å². The number of nitrogens with two attached hydrogens (primary N) is 1. The van der Waals surface area contributed by atoms with Crippen LogP contribution in [0.15, 0.2) is 23.3 Å². The summed E-state index contributed by atoms with van der Waals surface area (Å²) in [6.07, 6.45) is 3.00. The van der Waals surface area contributed by atoms with E-state index in [1.807, 2.05) is 6.92 Å². The van der Waals surface area contributed by atoms with E-state index >= 15 is 0 Å². The number of anilines is 1. The number of hydrogen-bond acceptors (Lipinski definition) is 5. The lowest BCUT2D eigenvalue weighted by Gasteiger charge is -2.12. The van der Waals surface area contributed by atoms with Crippen molar-refractivity contribution in [2.75, 3.05) is 19.0 Å². The van der Waals surface area contributed by atoms with E-state index in [4.69, 9.17) is 10.5 Å². The molecule has 0 aromatic carbocycles. The van der Waals surface area contributed by atoms with Gasteiger partial charge in [-0.1, -0.05) is 0 Å². The highest BCUT2D eigenvalue weighted by Crippen LogP contribution is 2.28. The number of aliphatic imine (C=N–C) groups is 1. The lowest BCUT2D eigenvalue weighted by molar-refractivity contribution is -0.114. The second-order valence-electron chi connectivity index (χ2n) is 3.80. The molecule has 94 valence electrons. The molecule has 0 radical (unpaired) electrons. The van der Waals surface area contributed by atoms with Crippen molar-refractivity contribution in [3.8, 4) is 5.88 Å². The molecule has 0 bridgehead atoms. The zero-order chi connectivity index (χ0) is 13.1. The van der Waals surface area contributed by atoms with E-state index in [0.29, 0.717) is 22.8 Å². The van der Waals surface area contributed by atoms with Gasteiger partial charge >= 0.3 is 0 Å². The number of hydrogen-bond donors (Lipinski definition) is 2. The molecule has 0 unspecified atom stereocenters. The molecule has 0 saturated heterocycles. The summed E-state index contributed by atoms with van der Waals surface area (Å²) in [6.45, 7) is 1.88. The fourth-order valence-electron chi connectivity index (χ4n) is 1.79.